The molecule has 0 bridgehead atoms. The van der Waals surface area contributed by atoms with E-state index in [-0.39, 0.29) is 62.7 Å². The fourth-order valence-corrected chi connectivity index (χ4v) is 23.6. The number of allylic oxidation sites excluding steroid dienone is 16. The zero-order valence-electron chi connectivity index (χ0n) is 27.6. The quantitative estimate of drug-likeness (QED) is 0.404. The van der Waals surface area contributed by atoms with Crippen molar-refractivity contribution in [2.45, 2.75) is 92.1 Å². The SMILES string of the molecule is CC[C](CC)=[Zr+2]([C]1=CC=CC1)[CH]1C2C=CC=C(C)C2(C)C2(C)C3(C)C=CC=CC3(C)C3(C)C=CC=CC3(C)C12C.[Cl-].[Cl-]. The van der Waals surface area contributed by atoms with Crippen LogP contribution < -0.4 is 24.8 Å². The molecule has 0 aliphatic heterocycles. The molecule has 6 aliphatic carbocycles. The van der Waals surface area contributed by atoms with Gasteiger partial charge in [-0.15, -0.1) is 0 Å². The summed E-state index contributed by atoms with van der Waals surface area (Å²) in [6.07, 6.45) is 38.8. The summed E-state index contributed by atoms with van der Waals surface area (Å²) in [5, 5.41) is 0. The first-order valence-corrected chi connectivity index (χ1v) is 19.9. The van der Waals surface area contributed by atoms with Crippen LogP contribution in [0.2, 0.25) is 3.63 Å². The van der Waals surface area contributed by atoms with Gasteiger partial charge in [0.15, 0.2) is 0 Å². The second kappa shape index (κ2) is 10.7. The molecular weight excluding hydrogens is 631 g/mol. The van der Waals surface area contributed by atoms with Gasteiger partial charge in [0.2, 0.25) is 0 Å². The van der Waals surface area contributed by atoms with E-state index in [2.05, 4.69) is 154 Å². The average molecular weight is 683 g/mol. The molecule has 0 radical (unpaired) electrons. The zero-order chi connectivity index (χ0) is 29.0. The van der Waals surface area contributed by atoms with Crippen molar-refractivity contribution in [3.63, 3.8) is 0 Å². The minimum Gasteiger partial charge on any atom is -1.00 e. The van der Waals surface area contributed by atoms with Crippen molar-refractivity contribution in [1.82, 2.24) is 0 Å². The molecule has 0 aromatic heterocycles. The van der Waals surface area contributed by atoms with Gasteiger partial charge < -0.3 is 24.8 Å². The molecule has 0 aromatic carbocycles. The maximum absolute atomic E-state index is 2.81. The Morgan fingerprint density at radius 1 is 0.714 bits per heavy atom. The van der Waals surface area contributed by atoms with Crippen molar-refractivity contribution in [1.29, 1.82) is 0 Å². The summed E-state index contributed by atoms with van der Waals surface area (Å²) in [5.41, 5.74) is 1.70. The van der Waals surface area contributed by atoms with Gasteiger partial charge in [0.1, 0.15) is 0 Å². The van der Waals surface area contributed by atoms with Gasteiger partial charge in [-0.05, 0) is 0 Å². The summed E-state index contributed by atoms with van der Waals surface area (Å²) >= 11 is -2.37. The van der Waals surface area contributed by atoms with Crippen molar-refractivity contribution in [3.8, 4) is 0 Å². The fraction of sp³-hybridized carbons (Fsp3) is 0.564. The van der Waals surface area contributed by atoms with Crippen LogP contribution in [-0.2, 0) is 21.3 Å². The van der Waals surface area contributed by atoms with Crippen molar-refractivity contribution in [2.75, 3.05) is 0 Å². The summed E-state index contributed by atoms with van der Waals surface area (Å²) in [6, 6.07) is 0. The van der Waals surface area contributed by atoms with Crippen LogP contribution in [0.15, 0.2) is 93.9 Å². The Morgan fingerprint density at radius 3 is 1.76 bits per heavy atom. The monoisotopic (exact) mass is 680 g/mol. The standard InChI is InChI=1S/C29H37.C5H5.C5H10.2ClH.Zr/c1-21-14-13-15-22-20-27(6)25(4)18-10-9-16-23(25,2)24(3)17-11-12-19-26(24,5)29(27,8)28(21,22)7;1-2-4-5-3-1;1-3-5-4-2;;;/h9-20,22H,1-8H3;1-3H,4H2;3-4H2,1-2H3;2*1H;/q;;;;;+2/p-2. The molecule has 0 saturated heterocycles. The Bertz CT molecular complexity index is 1430. The van der Waals surface area contributed by atoms with Crippen LogP contribution in [0.3, 0.4) is 0 Å². The predicted octanol–water partition coefficient (Wildman–Crippen LogP) is 4.69. The Balaban J connectivity index is 0.00000202. The van der Waals surface area contributed by atoms with Gasteiger partial charge in [0.05, 0.1) is 0 Å². The molecule has 6 aliphatic rings. The van der Waals surface area contributed by atoms with Crippen LogP contribution in [-0.4, -0.2) is 3.21 Å². The smallest absolute Gasteiger partial charge is 1.00 e. The van der Waals surface area contributed by atoms with Crippen molar-refractivity contribution in [2.24, 2.45) is 43.8 Å². The molecule has 0 nitrogen and oxygen atoms in total. The number of fused-ring (bicyclic) bond motifs is 8. The van der Waals surface area contributed by atoms with Crippen LogP contribution >= 0.6 is 0 Å². The molecule has 0 N–H and O–H groups in total. The van der Waals surface area contributed by atoms with E-state index < -0.39 is 21.3 Å². The zero-order valence-corrected chi connectivity index (χ0v) is 31.6. The minimum atomic E-state index is -2.37. The van der Waals surface area contributed by atoms with Gasteiger partial charge in [-0.3, -0.25) is 0 Å². The third kappa shape index (κ3) is 3.33. The number of rotatable bonds is 4. The summed E-state index contributed by atoms with van der Waals surface area (Å²) in [6.45, 7) is 26.3. The first-order chi connectivity index (χ1) is 18.8. The summed E-state index contributed by atoms with van der Waals surface area (Å²) in [7, 11) is 0. The van der Waals surface area contributed by atoms with E-state index in [1.165, 1.54) is 19.3 Å². The van der Waals surface area contributed by atoms with Crippen molar-refractivity contribution < 1.29 is 46.1 Å². The maximum Gasteiger partial charge on any atom is -1.00 e. The molecule has 2 saturated carbocycles. The molecule has 9 atom stereocenters. The van der Waals surface area contributed by atoms with Crippen molar-refractivity contribution in [3.05, 3.63) is 93.9 Å². The summed E-state index contributed by atoms with van der Waals surface area (Å²) in [5.74, 6) is 0.551. The molecule has 9 unspecified atom stereocenters. The first-order valence-electron chi connectivity index (χ1n) is 16.0. The largest absolute Gasteiger partial charge is 1.00 e. The molecule has 2 fully saturated rings. The van der Waals surface area contributed by atoms with Crippen LogP contribution in [0.5, 0.6) is 0 Å². The third-order valence-corrected chi connectivity index (χ3v) is 25.2. The van der Waals surface area contributed by atoms with E-state index in [4.69, 9.17) is 0 Å². The number of hydrogen-bond donors (Lipinski definition) is 0. The minimum absolute atomic E-state index is 0. The van der Waals surface area contributed by atoms with E-state index in [0.29, 0.717) is 9.54 Å². The Labute approximate surface area is 277 Å². The third-order valence-electron chi connectivity index (χ3n) is 15.2. The van der Waals surface area contributed by atoms with Gasteiger partial charge in [-0.2, -0.15) is 0 Å². The molecule has 0 aromatic rings. The van der Waals surface area contributed by atoms with Crippen LogP contribution in [0, 0.1) is 43.8 Å². The molecule has 0 heterocycles. The topological polar surface area (TPSA) is 0 Å². The van der Waals surface area contributed by atoms with E-state index in [1.54, 1.807) is 5.57 Å². The van der Waals surface area contributed by atoms with Gasteiger partial charge in [0.25, 0.3) is 0 Å². The van der Waals surface area contributed by atoms with Crippen LogP contribution in [0.1, 0.15) is 88.5 Å². The predicted molar refractivity (Wildman–Crippen MR) is 171 cm³/mol. The van der Waals surface area contributed by atoms with E-state index in [0.717, 1.165) is 0 Å². The van der Waals surface area contributed by atoms with Gasteiger partial charge >= 0.3 is 254 Å². The Hall–Kier alpha value is -0.747. The first kappa shape index (κ1) is 34.1. The molecule has 3 heteroatoms. The Morgan fingerprint density at radius 2 is 1.24 bits per heavy atom. The van der Waals surface area contributed by atoms with Gasteiger partial charge in [-0.1, -0.05) is 0 Å². The molecule has 6 rings (SSSR count). The second-order valence-corrected chi connectivity index (χ2v) is 21.9. The van der Waals surface area contributed by atoms with Crippen LogP contribution in [0.4, 0.5) is 0 Å². The molecule has 0 amide bonds. The van der Waals surface area contributed by atoms with Crippen LogP contribution in [0.25, 0.3) is 0 Å². The molecule has 0 spiro atoms. The molecule has 42 heavy (non-hydrogen) atoms. The molecular formula is C39H52Cl2Zr. The van der Waals surface area contributed by atoms with E-state index >= 15 is 0 Å². The summed E-state index contributed by atoms with van der Waals surface area (Å²) in [4.78, 5) is 0. The van der Waals surface area contributed by atoms with Gasteiger partial charge in [0, 0.05) is 0 Å². The average Bonchev–Trinajstić information content (AvgIpc) is 3.52. The van der Waals surface area contributed by atoms with Crippen molar-refractivity contribution >= 4 is 3.21 Å². The second-order valence-electron chi connectivity index (χ2n) is 15.1. The number of hydrogen-bond acceptors (Lipinski definition) is 0. The normalized spacial score (nSPS) is 46.7. The Kier molecular flexibility index (Phi) is 8.67. The maximum atomic E-state index is 2.81. The number of halogens is 2. The van der Waals surface area contributed by atoms with E-state index in [1.807, 2.05) is 6.49 Å². The van der Waals surface area contributed by atoms with Gasteiger partial charge in [-0.25, -0.2) is 0 Å². The van der Waals surface area contributed by atoms with E-state index in [9.17, 15) is 0 Å². The summed E-state index contributed by atoms with van der Waals surface area (Å²) < 4.78 is 4.47. The fourth-order valence-electron chi connectivity index (χ4n) is 12.2. The molecule has 226 valence electrons.